The molecule has 0 aromatic rings. The number of carbonyl (C=O) groups is 3. The third kappa shape index (κ3) is 1.65. The minimum Gasteiger partial charge on any atom is -0.302 e. The van der Waals surface area contributed by atoms with Crippen molar-refractivity contribution in [2.45, 2.75) is 58.3 Å². The maximum atomic E-state index is 12.4. The Morgan fingerprint density at radius 3 is 2.64 bits per heavy atom. The molecule has 0 saturated heterocycles. The normalized spacial score (nSPS) is 47.3. The van der Waals surface area contributed by atoms with E-state index < -0.39 is 5.41 Å². The van der Waals surface area contributed by atoms with Gasteiger partial charge in [-0.05, 0) is 62.4 Å². The Kier molecular flexibility index (Phi) is 3.02. The SMILES string of the molecule is C[C@]12CCC3C(CCC4=CC(=O)CC[C@@]43C=O)C1CCC2=O. The molecule has 22 heavy (non-hydrogen) atoms. The second kappa shape index (κ2) is 4.62. The van der Waals surface area contributed by atoms with Crippen LogP contribution in [0.3, 0.4) is 0 Å². The van der Waals surface area contributed by atoms with Crippen molar-refractivity contribution in [3.8, 4) is 0 Å². The molecule has 4 rings (SSSR count). The number of carbonyl (C=O) groups excluding carboxylic acids is 3. The minimum atomic E-state index is -0.399. The average molecular weight is 300 g/mol. The summed E-state index contributed by atoms with van der Waals surface area (Å²) in [6.07, 6.45) is 9.65. The third-order valence-corrected chi connectivity index (χ3v) is 7.48. The number of fused-ring (bicyclic) bond motifs is 5. The monoisotopic (exact) mass is 300 g/mol. The van der Waals surface area contributed by atoms with Crippen LogP contribution in [0.15, 0.2) is 11.6 Å². The van der Waals surface area contributed by atoms with Gasteiger partial charge in [0.05, 0.1) is 5.41 Å². The van der Waals surface area contributed by atoms with Gasteiger partial charge in [-0.1, -0.05) is 12.5 Å². The molecule has 0 amide bonds. The van der Waals surface area contributed by atoms with E-state index in [1.165, 1.54) is 0 Å². The molecule has 4 aliphatic carbocycles. The molecule has 3 fully saturated rings. The largest absolute Gasteiger partial charge is 0.302 e. The summed E-state index contributed by atoms with van der Waals surface area (Å²) in [5.74, 6) is 1.91. The Morgan fingerprint density at radius 1 is 1.05 bits per heavy atom. The molecule has 0 aliphatic heterocycles. The molecule has 0 spiro atoms. The van der Waals surface area contributed by atoms with Crippen LogP contribution < -0.4 is 0 Å². The van der Waals surface area contributed by atoms with Gasteiger partial charge >= 0.3 is 0 Å². The second-order valence-corrected chi connectivity index (χ2v) is 8.13. The smallest absolute Gasteiger partial charge is 0.155 e. The van der Waals surface area contributed by atoms with Crippen molar-refractivity contribution < 1.29 is 14.4 Å². The van der Waals surface area contributed by atoms with E-state index in [9.17, 15) is 14.4 Å². The van der Waals surface area contributed by atoms with Crippen molar-refractivity contribution in [3.63, 3.8) is 0 Å². The molecule has 0 heterocycles. The second-order valence-electron chi connectivity index (χ2n) is 8.13. The van der Waals surface area contributed by atoms with Gasteiger partial charge in [-0.15, -0.1) is 0 Å². The van der Waals surface area contributed by atoms with Crippen molar-refractivity contribution >= 4 is 17.9 Å². The van der Waals surface area contributed by atoms with Gasteiger partial charge in [0.2, 0.25) is 0 Å². The molecule has 3 unspecified atom stereocenters. The van der Waals surface area contributed by atoms with Crippen LogP contribution in [0.5, 0.6) is 0 Å². The van der Waals surface area contributed by atoms with E-state index in [1.54, 1.807) is 6.08 Å². The van der Waals surface area contributed by atoms with Crippen LogP contribution in [0.4, 0.5) is 0 Å². The maximum absolute atomic E-state index is 12.4. The number of allylic oxidation sites excluding steroid dienone is 1. The highest BCUT2D eigenvalue weighted by molar-refractivity contribution is 5.93. The Morgan fingerprint density at radius 2 is 1.86 bits per heavy atom. The zero-order chi connectivity index (χ0) is 15.5. The summed E-state index contributed by atoms with van der Waals surface area (Å²) in [4.78, 5) is 36.2. The van der Waals surface area contributed by atoms with Gasteiger partial charge < -0.3 is 4.79 Å². The molecular weight excluding hydrogens is 276 g/mol. The van der Waals surface area contributed by atoms with E-state index in [-0.39, 0.29) is 11.2 Å². The highest BCUT2D eigenvalue weighted by Crippen LogP contribution is 2.63. The van der Waals surface area contributed by atoms with Crippen LogP contribution >= 0.6 is 0 Å². The number of rotatable bonds is 1. The van der Waals surface area contributed by atoms with Gasteiger partial charge in [-0.3, -0.25) is 9.59 Å². The molecule has 5 atom stereocenters. The van der Waals surface area contributed by atoms with Crippen LogP contribution in [0, 0.1) is 28.6 Å². The van der Waals surface area contributed by atoms with Gasteiger partial charge in [-0.25, -0.2) is 0 Å². The summed E-state index contributed by atoms with van der Waals surface area (Å²) in [6, 6.07) is 0. The van der Waals surface area contributed by atoms with Crippen LogP contribution in [0.25, 0.3) is 0 Å². The standard InChI is InChI=1S/C19H24O3/c1-18-8-7-16-14(15(18)4-5-17(18)22)3-2-12-10-13(21)6-9-19(12,16)11-20/h10-11,14-16H,2-9H2,1H3/t14?,15?,16?,18-,19+/m0/s1. The lowest BCUT2D eigenvalue weighted by Crippen LogP contribution is -2.52. The highest BCUT2D eigenvalue weighted by Gasteiger charge is 2.60. The molecular formula is C19H24O3. The number of hydrogen-bond acceptors (Lipinski definition) is 3. The Hall–Kier alpha value is -1.25. The van der Waals surface area contributed by atoms with E-state index in [0.717, 1.165) is 50.4 Å². The quantitative estimate of drug-likeness (QED) is 0.698. The molecule has 0 radical (unpaired) electrons. The first-order chi connectivity index (χ1) is 10.5. The van der Waals surface area contributed by atoms with Crippen LogP contribution in [0.2, 0.25) is 0 Å². The summed E-state index contributed by atoms with van der Waals surface area (Å²) < 4.78 is 0. The maximum Gasteiger partial charge on any atom is 0.155 e. The molecule has 0 aromatic heterocycles. The predicted octanol–water partition coefficient (Wildman–Crippen LogP) is 3.27. The molecule has 3 saturated carbocycles. The van der Waals surface area contributed by atoms with Gasteiger partial charge in [0.25, 0.3) is 0 Å². The summed E-state index contributed by atoms with van der Waals surface area (Å²) >= 11 is 0. The van der Waals surface area contributed by atoms with Crippen LogP contribution in [-0.2, 0) is 14.4 Å². The molecule has 0 bridgehead atoms. The van der Waals surface area contributed by atoms with Crippen molar-refractivity contribution in [1.82, 2.24) is 0 Å². The summed E-state index contributed by atoms with van der Waals surface area (Å²) in [6.45, 7) is 2.16. The zero-order valence-electron chi connectivity index (χ0n) is 13.3. The lowest BCUT2D eigenvalue weighted by Gasteiger charge is -2.55. The van der Waals surface area contributed by atoms with E-state index >= 15 is 0 Å². The number of aldehydes is 1. The van der Waals surface area contributed by atoms with Gasteiger partial charge in [-0.2, -0.15) is 0 Å². The topological polar surface area (TPSA) is 51.2 Å². The number of hydrogen-bond donors (Lipinski definition) is 0. The van der Waals surface area contributed by atoms with Crippen molar-refractivity contribution in [3.05, 3.63) is 11.6 Å². The predicted molar refractivity (Wildman–Crippen MR) is 82.1 cm³/mol. The fraction of sp³-hybridized carbons (Fsp3) is 0.737. The molecule has 118 valence electrons. The molecule has 0 N–H and O–H groups in total. The van der Waals surface area contributed by atoms with Gasteiger partial charge in [0.15, 0.2) is 5.78 Å². The Bertz CT molecular complexity index is 589. The number of Topliss-reactive ketones (excluding diaryl/α,β-unsaturated/α-hetero) is 1. The van der Waals surface area contributed by atoms with Gasteiger partial charge in [0, 0.05) is 18.3 Å². The van der Waals surface area contributed by atoms with E-state index in [1.807, 2.05) is 0 Å². The summed E-state index contributed by atoms with van der Waals surface area (Å²) in [7, 11) is 0. The average Bonchev–Trinajstić information content (AvgIpc) is 2.82. The molecule has 0 aromatic carbocycles. The van der Waals surface area contributed by atoms with Gasteiger partial charge in [0.1, 0.15) is 12.1 Å². The third-order valence-electron chi connectivity index (χ3n) is 7.48. The van der Waals surface area contributed by atoms with E-state index in [0.29, 0.717) is 36.4 Å². The lowest BCUT2D eigenvalue weighted by atomic mass is 9.47. The molecule has 3 nitrogen and oxygen atoms in total. The fourth-order valence-electron chi connectivity index (χ4n) is 6.26. The first kappa shape index (κ1) is 14.3. The summed E-state index contributed by atoms with van der Waals surface area (Å²) in [5, 5.41) is 0. The Labute approximate surface area is 131 Å². The first-order valence-corrected chi connectivity index (χ1v) is 8.75. The highest BCUT2D eigenvalue weighted by atomic mass is 16.1. The zero-order valence-corrected chi connectivity index (χ0v) is 13.3. The molecule has 4 aliphatic rings. The van der Waals surface area contributed by atoms with Crippen molar-refractivity contribution in [2.24, 2.45) is 28.6 Å². The summed E-state index contributed by atoms with van der Waals surface area (Å²) in [5.41, 5.74) is 0.550. The number of ketones is 2. The van der Waals surface area contributed by atoms with E-state index in [4.69, 9.17) is 0 Å². The lowest BCUT2D eigenvalue weighted by molar-refractivity contribution is -0.135. The minimum absolute atomic E-state index is 0.142. The van der Waals surface area contributed by atoms with Crippen LogP contribution in [0.1, 0.15) is 58.3 Å². The van der Waals surface area contributed by atoms with Crippen molar-refractivity contribution in [2.75, 3.05) is 0 Å². The first-order valence-electron chi connectivity index (χ1n) is 8.75. The fourth-order valence-corrected chi connectivity index (χ4v) is 6.26. The van der Waals surface area contributed by atoms with Crippen molar-refractivity contribution in [1.29, 1.82) is 0 Å². The van der Waals surface area contributed by atoms with Crippen LogP contribution in [-0.4, -0.2) is 17.9 Å². The Balaban J connectivity index is 1.74. The molecule has 3 heteroatoms. The van der Waals surface area contributed by atoms with E-state index in [2.05, 4.69) is 6.92 Å².